The normalized spacial score (nSPS) is 24.7. The number of rotatable bonds is 6. The van der Waals surface area contributed by atoms with Crippen molar-refractivity contribution >= 4 is 23.4 Å². The Morgan fingerprint density at radius 3 is 2.86 bits per heavy atom. The Labute approximate surface area is 170 Å². The summed E-state index contributed by atoms with van der Waals surface area (Å²) in [5.41, 5.74) is 0.687. The highest BCUT2D eigenvalue weighted by molar-refractivity contribution is 6.30. The van der Waals surface area contributed by atoms with Gasteiger partial charge in [0.05, 0.1) is 6.04 Å². The predicted octanol–water partition coefficient (Wildman–Crippen LogP) is 2.28. The zero-order chi connectivity index (χ0) is 20.1. The van der Waals surface area contributed by atoms with Crippen LogP contribution in [0.2, 0.25) is 5.02 Å². The van der Waals surface area contributed by atoms with Crippen LogP contribution < -0.4 is 16.0 Å². The lowest BCUT2D eigenvalue weighted by Gasteiger charge is -2.20. The van der Waals surface area contributed by atoms with Crippen LogP contribution >= 0.6 is 11.6 Å². The molecule has 0 bridgehead atoms. The van der Waals surface area contributed by atoms with Gasteiger partial charge < -0.3 is 21.1 Å². The van der Waals surface area contributed by atoms with E-state index in [0.29, 0.717) is 22.4 Å². The van der Waals surface area contributed by atoms with Crippen LogP contribution in [0, 0.1) is 11.8 Å². The summed E-state index contributed by atoms with van der Waals surface area (Å²) < 4.78 is 0. The van der Waals surface area contributed by atoms with E-state index < -0.39 is 6.04 Å². The third kappa shape index (κ3) is 5.36. The molecule has 1 fully saturated rings. The van der Waals surface area contributed by atoms with Crippen LogP contribution in [0.3, 0.4) is 0 Å². The molecule has 2 aliphatic rings. The number of hydrogen-bond donors (Lipinski definition) is 4. The number of allylic oxidation sites excluding steroid dienone is 4. The van der Waals surface area contributed by atoms with Crippen LogP contribution in [-0.4, -0.2) is 35.5 Å². The van der Waals surface area contributed by atoms with E-state index in [1.165, 1.54) is 12.1 Å². The average molecular weight is 404 g/mol. The fraction of sp³-hybridized carbons (Fsp3) is 0.429. The van der Waals surface area contributed by atoms with Gasteiger partial charge in [0.1, 0.15) is 11.8 Å². The molecule has 1 aromatic carbocycles. The Hall–Kier alpha value is -2.31. The van der Waals surface area contributed by atoms with E-state index in [9.17, 15) is 14.7 Å². The summed E-state index contributed by atoms with van der Waals surface area (Å²) in [6, 6.07) is 3.70. The van der Waals surface area contributed by atoms with Crippen LogP contribution in [0.4, 0.5) is 0 Å². The molecule has 1 unspecified atom stereocenters. The SMILES string of the molecule is C[C@H](NC(=O)[C@H]1C[C@H](C2C=CC=CC2)CN1)C(=O)NCc1cc(O)cc(Cl)c1. The maximum atomic E-state index is 12.5. The van der Waals surface area contributed by atoms with E-state index in [2.05, 4.69) is 34.2 Å². The summed E-state index contributed by atoms with van der Waals surface area (Å²) in [6.45, 7) is 2.68. The molecule has 1 aliphatic heterocycles. The van der Waals surface area contributed by atoms with Gasteiger partial charge in [0.15, 0.2) is 0 Å². The molecule has 0 spiro atoms. The molecule has 4 N–H and O–H groups in total. The van der Waals surface area contributed by atoms with E-state index in [0.717, 1.165) is 19.4 Å². The first-order chi connectivity index (χ1) is 13.4. The molecule has 2 amide bonds. The molecular weight excluding hydrogens is 378 g/mol. The van der Waals surface area contributed by atoms with Gasteiger partial charge >= 0.3 is 0 Å². The van der Waals surface area contributed by atoms with Crippen molar-refractivity contribution in [1.29, 1.82) is 0 Å². The molecule has 4 atom stereocenters. The van der Waals surface area contributed by atoms with Crippen LogP contribution in [0.1, 0.15) is 25.3 Å². The molecule has 1 saturated heterocycles. The Kier molecular flexibility index (Phi) is 6.75. The van der Waals surface area contributed by atoms with E-state index in [4.69, 9.17) is 11.6 Å². The van der Waals surface area contributed by atoms with Gasteiger partial charge in [-0.2, -0.15) is 0 Å². The molecule has 0 aromatic heterocycles. The molecular formula is C21H26ClN3O3. The van der Waals surface area contributed by atoms with Crippen molar-refractivity contribution in [3.8, 4) is 5.75 Å². The molecule has 1 heterocycles. The number of hydrogen-bond acceptors (Lipinski definition) is 4. The highest BCUT2D eigenvalue weighted by atomic mass is 35.5. The third-order valence-electron chi connectivity index (χ3n) is 5.26. The first-order valence-corrected chi connectivity index (χ1v) is 9.93. The van der Waals surface area contributed by atoms with Crippen LogP contribution in [0.25, 0.3) is 0 Å². The minimum atomic E-state index is -0.654. The Morgan fingerprint density at radius 1 is 1.32 bits per heavy atom. The third-order valence-corrected chi connectivity index (χ3v) is 5.48. The summed E-state index contributed by atoms with van der Waals surface area (Å²) >= 11 is 5.89. The highest BCUT2D eigenvalue weighted by Gasteiger charge is 2.33. The first-order valence-electron chi connectivity index (χ1n) is 9.55. The standard InChI is InChI=1S/C21H26ClN3O3/c1-13(20(27)24-11-14-7-17(22)10-18(26)8-14)25-21(28)19-9-16(12-23-19)15-5-3-2-4-6-15/h2-5,7-8,10,13,15-16,19,23,26H,6,9,11-12H2,1H3,(H,24,27)(H,25,28)/t13-,15?,16-,19+/m0/s1. The summed E-state index contributed by atoms with van der Waals surface area (Å²) in [7, 11) is 0. The van der Waals surface area contributed by atoms with Gasteiger partial charge in [-0.15, -0.1) is 0 Å². The second-order valence-electron chi connectivity index (χ2n) is 7.43. The number of benzene rings is 1. The lowest BCUT2D eigenvalue weighted by molar-refractivity contribution is -0.129. The van der Waals surface area contributed by atoms with Crippen LogP contribution in [0.15, 0.2) is 42.5 Å². The fourth-order valence-electron chi connectivity index (χ4n) is 3.70. The maximum absolute atomic E-state index is 12.5. The highest BCUT2D eigenvalue weighted by Crippen LogP contribution is 2.28. The van der Waals surface area contributed by atoms with Gasteiger partial charge in [0, 0.05) is 11.6 Å². The molecule has 7 heteroatoms. The summed E-state index contributed by atoms with van der Waals surface area (Å²) in [5.74, 6) is 0.494. The first kappa shape index (κ1) is 20.4. The second kappa shape index (κ2) is 9.26. The summed E-state index contributed by atoms with van der Waals surface area (Å²) in [4.78, 5) is 24.8. The monoisotopic (exact) mass is 403 g/mol. The molecule has 0 radical (unpaired) electrons. The number of phenolic OH excluding ortho intramolecular Hbond substituents is 1. The topological polar surface area (TPSA) is 90.5 Å². The number of carbonyl (C=O) groups is 2. The van der Waals surface area contributed by atoms with Crippen molar-refractivity contribution in [3.63, 3.8) is 0 Å². The van der Waals surface area contributed by atoms with Gasteiger partial charge in [-0.1, -0.05) is 35.9 Å². The summed E-state index contributed by atoms with van der Waals surface area (Å²) in [5, 5.41) is 18.8. The van der Waals surface area contributed by atoms with Gasteiger partial charge in [0.2, 0.25) is 11.8 Å². The van der Waals surface area contributed by atoms with Crippen molar-refractivity contribution in [2.24, 2.45) is 11.8 Å². The van der Waals surface area contributed by atoms with E-state index >= 15 is 0 Å². The Balaban J connectivity index is 1.45. The lowest BCUT2D eigenvalue weighted by atomic mass is 9.85. The van der Waals surface area contributed by atoms with Crippen molar-refractivity contribution in [3.05, 3.63) is 53.1 Å². The molecule has 0 saturated carbocycles. The molecule has 1 aromatic rings. The van der Waals surface area contributed by atoms with E-state index in [1.54, 1.807) is 13.0 Å². The van der Waals surface area contributed by atoms with E-state index in [1.807, 2.05) is 6.08 Å². The van der Waals surface area contributed by atoms with Crippen molar-refractivity contribution in [1.82, 2.24) is 16.0 Å². The molecule has 6 nitrogen and oxygen atoms in total. The fourth-order valence-corrected chi connectivity index (χ4v) is 3.95. The Morgan fingerprint density at radius 2 is 2.14 bits per heavy atom. The average Bonchev–Trinajstić information content (AvgIpc) is 3.16. The Bertz CT molecular complexity index is 773. The van der Waals surface area contributed by atoms with Crippen molar-refractivity contribution in [2.45, 2.75) is 38.4 Å². The number of nitrogens with one attached hydrogen (secondary N) is 3. The minimum absolute atomic E-state index is 0.0447. The number of phenols is 1. The van der Waals surface area contributed by atoms with Crippen LogP contribution in [-0.2, 0) is 16.1 Å². The quantitative estimate of drug-likeness (QED) is 0.586. The van der Waals surface area contributed by atoms with E-state index in [-0.39, 0.29) is 30.2 Å². The second-order valence-corrected chi connectivity index (χ2v) is 7.87. The lowest BCUT2D eigenvalue weighted by Crippen LogP contribution is -2.49. The summed E-state index contributed by atoms with van der Waals surface area (Å²) in [6.07, 6.45) is 10.3. The van der Waals surface area contributed by atoms with Crippen molar-refractivity contribution < 1.29 is 14.7 Å². The maximum Gasteiger partial charge on any atom is 0.242 e. The largest absolute Gasteiger partial charge is 0.508 e. The van der Waals surface area contributed by atoms with Gasteiger partial charge in [-0.25, -0.2) is 0 Å². The van der Waals surface area contributed by atoms with Gasteiger partial charge in [-0.05, 0) is 61.9 Å². The van der Waals surface area contributed by atoms with Gasteiger partial charge in [-0.3, -0.25) is 9.59 Å². The molecule has 3 rings (SSSR count). The molecule has 1 aliphatic carbocycles. The minimum Gasteiger partial charge on any atom is -0.508 e. The van der Waals surface area contributed by atoms with Crippen molar-refractivity contribution in [2.75, 3.05) is 6.54 Å². The number of aromatic hydroxyl groups is 1. The predicted molar refractivity (Wildman–Crippen MR) is 109 cm³/mol. The number of amides is 2. The molecule has 28 heavy (non-hydrogen) atoms. The molecule has 150 valence electrons. The van der Waals surface area contributed by atoms with Gasteiger partial charge in [0.25, 0.3) is 0 Å². The number of carbonyl (C=O) groups excluding carboxylic acids is 2. The van der Waals surface area contributed by atoms with Crippen LogP contribution in [0.5, 0.6) is 5.75 Å². The smallest absolute Gasteiger partial charge is 0.242 e. The number of halogens is 1. The zero-order valence-electron chi connectivity index (χ0n) is 15.8. The zero-order valence-corrected chi connectivity index (χ0v) is 16.6.